The van der Waals surface area contributed by atoms with E-state index < -0.39 is 5.97 Å². The van der Waals surface area contributed by atoms with Gasteiger partial charge in [-0.2, -0.15) is 0 Å². The van der Waals surface area contributed by atoms with Crippen molar-refractivity contribution in [1.82, 2.24) is 4.98 Å². The summed E-state index contributed by atoms with van der Waals surface area (Å²) in [6.45, 7) is 0.203. The van der Waals surface area contributed by atoms with Crippen molar-refractivity contribution in [2.24, 2.45) is 0 Å². The third-order valence-electron chi connectivity index (χ3n) is 2.19. The van der Waals surface area contributed by atoms with E-state index in [4.69, 9.17) is 14.6 Å². The van der Waals surface area contributed by atoms with Crippen LogP contribution in [0.25, 0.3) is 0 Å². The molecule has 0 atom stereocenters. The summed E-state index contributed by atoms with van der Waals surface area (Å²) < 4.78 is 10.4. The fourth-order valence-corrected chi connectivity index (χ4v) is 2.04. The second-order valence-electron chi connectivity index (χ2n) is 3.38. The van der Waals surface area contributed by atoms with E-state index in [0.717, 1.165) is 11.3 Å². The number of ether oxygens (including phenoxy) is 2. The van der Waals surface area contributed by atoms with Crippen LogP contribution >= 0.6 is 11.3 Å². The Morgan fingerprint density at radius 1 is 1.44 bits per heavy atom. The maximum atomic E-state index is 10.9. The second kappa shape index (κ2) is 5.50. The Balaban J connectivity index is 2.06. The number of carboxylic acids is 1. The Labute approximate surface area is 108 Å². The summed E-state index contributed by atoms with van der Waals surface area (Å²) >= 11 is 1.13. The lowest BCUT2D eigenvalue weighted by atomic mass is 10.3. The van der Waals surface area contributed by atoms with Gasteiger partial charge in [-0.15, -0.1) is 11.3 Å². The summed E-state index contributed by atoms with van der Waals surface area (Å²) in [5.74, 6) is -0.129. The van der Waals surface area contributed by atoms with Gasteiger partial charge >= 0.3 is 5.97 Å². The molecule has 0 fully saturated rings. The van der Waals surface area contributed by atoms with Crippen LogP contribution in [-0.2, 0) is 6.61 Å². The SMILES string of the molecule is COc1cccc(COc2ccsc2C(=O)O)n1. The summed E-state index contributed by atoms with van der Waals surface area (Å²) in [6, 6.07) is 6.96. The van der Waals surface area contributed by atoms with Crippen LogP contribution in [0.4, 0.5) is 0 Å². The molecule has 2 aromatic rings. The number of hydrogen-bond donors (Lipinski definition) is 1. The molecule has 18 heavy (non-hydrogen) atoms. The van der Waals surface area contributed by atoms with Crippen LogP contribution in [0, 0.1) is 0 Å². The maximum Gasteiger partial charge on any atom is 0.349 e. The summed E-state index contributed by atoms with van der Waals surface area (Å²) in [6.07, 6.45) is 0. The van der Waals surface area contributed by atoms with Gasteiger partial charge in [0.2, 0.25) is 5.88 Å². The Hall–Kier alpha value is -2.08. The third-order valence-corrected chi connectivity index (χ3v) is 3.07. The van der Waals surface area contributed by atoms with Crippen molar-refractivity contribution in [2.75, 3.05) is 7.11 Å². The third kappa shape index (κ3) is 2.78. The minimum absolute atomic E-state index is 0.192. The monoisotopic (exact) mass is 265 g/mol. The largest absolute Gasteiger partial charge is 0.485 e. The minimum atomic E-state index is -0.987. The van der Waals surface area contributed by atoms with E-state index in [1.165, 1.54) is 7.11 Å². The molecular formula is C12H11NO4S. The van der Waals surface area contributed by atoms with Crippen LogP contribution in [0.1, 0.15) is 15.4 Å². The molecule has 94 valence electrons. The topological polar surface area (TPSA) is 68.7 Å². The number of nitrogens with zero attached hydrogens (tertiary/aromatic N) is 1. The summed E-state index contributed by atoms with van der Waals surface area (Å²) in [7, 11) is 1.54. The number of aromatic nitrogens is 1. The molecule has 0 bridgehead atoms. The fourth-order valence-electron chi connectivity index (χ4n) is 1.37. The normalized spacial score (nSPS) is 10.1. The quantitative estimate of drug-likeness (QED) is 0.899. The summed E-state index contributed by atoms with van der Waals surface area (Å²) in [4.78, 5) is 15.3. The van der Waals surface area contributed by atoms with Crippen LogP contribution in [0.15, 0.2) is 29.6 Å². The molecule has 0 saturated heterocycles. The molecule has 0 radical (unpaired) electrons. The average Bonchev–Trinajstić information content (AvgIpc) is 2.85. The van der Waals surface area contributed by atoms with E-state index in [1.807, 2.05) is 0 Å². The molecule has 2 rings (SSSR count). The highest BCUT2D eigenvalue weighted by Crippen LogP contribution is 2.25. The zero-order chi connectivity index (χ0) is 13.0. The second-order valence-corrected chi connectivity index (χ2v) is 4.30. The lowest BCUT2D eigenvalue weighted by Gasteiger charge is -2.06. The van der Waals surface area contributed by atoms with E-state index in [9.17, 15) is 4.79 Å². The van der Waals surface area contributed by atoms with Gasteiger partial charge in [-0.05, 0) is 17.5 Å². The molecular weight excluding hydrogens is 254 g/mol. The molecule has 6 heteroatoms. The van der Waals surface area contributed by atoms with Gasteiger partial charge in [0.25, 0.3) is 0 Å². The number of aromatic carboxylic acids is 1. The van der Waals surface area contributed by atoms with Gasteiger partial charge in [0, 0.05) is 6.07 Å². The maximum absolute atomic E-state index is 10.9. The number of pyridine rings is 1. The Bertz CT molecular complexity index is 553. The fraction of sp³-hybridized carbons (Fsp3) is 0.167. The highest BCUT2D eigenvalue weighted by atomic mass is 32.1. The number of rotatable bonds is 5. The van der Waals surface area contributed by atoms with Crippen LogP contribution in [0.2, 0.25) is 0 Å². The van der Waals surface area contributed by atoms with Crippen molar-refractivity contribution < 1.29 is 19.4 Å². The highest BCUT2D eigenvalue weighted by molar-refractivity contribution is 7.12. The minimum Gasteiger partial charge on any atom is -0.485 e. The van der Waals surface area contributed by atoms with Crippen molar-refractivity contribution in [2.45, 2.75) is 6.61 Å². The predicted octanol–water partition coefficient (Wildman–Crippen LogP) is 2.43. The van der Waals surface area contributed by atoms with E-state index >= 15 is 0 Å². The van der Waals surface area contributed by atoms with E-state index in [2.05, 4.69) is 4.98 Å². The van der Waals surface area contributed by atoms with Crippen molar-refractivity contribution in [3.05, 3.63) is 40.2 Å². The number of thiophene rings is 1. The molecule has 2 heterocycles. The van der Waals surface area contributed by atoms with Gasteiger partial charge in [-0.1, -0.05) is 6.07 Å². The molecule has 5 nitrogen and oxygen atoms in total. The first-order chi connectivity index (χ1) is 8.70. The summed E-state index contributed by atoms with van der Waals surface area (Å²) in [5.41, 5.74) is 0.678. The summed E-state index contributed by atoms with van der Waals surface area (Å²) in [5, 5.41) is 10.6. The van der Waals surface area contributed by atoms with Crippen molar-refractivity contribution >= 4 is 17.3 Å². The lowest BCUT2D eigenvalue weighted by Crippen LogP contribution is -2.02. The number of carboxylic acid groups (broad SMARTS) is 1. The van der Waals surface area contributed by atoms with Crippen LogP contribution in [0.5, 0.6) is 11.6 Å². The zero-order valence-electron chi connectivity index (χ0n) is 9.62. The number of carbonyl (C=O) groups is 1. The molecule has 0 aliphatic rings. The zero-order valence-corrected chi connectivity index (χ0v) is 10.4. The number of methoxy groups -OCH3 is 1. The van der Waals surface area contributed by atoms with Gasteiger partial charge in [0.15, 0.2) is 4.88 Å². The van der Waals surface area contributed by atoms with Crippen molar-refractivity contribution in [3.8, 4) is 11.6 Å². The van der Waals surface area contributed by atoms with Crippen LogP contribution < -0.4 is 9.47 Å². The molecule has 0 amide bonds. The standard InChI is InChI=1S/C12H11NO4S/c1-16-10-4-2-3-8(13-10)7-17-9-5-6-18-11(9)12(14)15/h2-6H,7H2,1H3,(H,14,15). The van der Waals surface area contributed by atoms with E-state index in [1.54, 1.807) is 29.6 Å². The first kappa shape index (κ1) is 12.4. The predicted molar refractivity (Wildman–Crippen MR) is 66.4 cm³/mol. The molecule has 0 aliphatic heterocycles. The molecule has 0 saturated carbocycles. The Morgan fingerprint density at radius 3 is 3.00 bits per heavy atom. The van der Waals surface area contributed by atoms with Crippen LogP contribution in [-0.4, -0.2) is 23.2 Å². The number of hydrogen-bond acceptors (Lipinski definition) is 5. The molecule has 2 aromatic heterocycles. The molecule has 0 spiro atoms. The van der Waals surface area contributed by atoms with Gasteiger partial charge in [0.05, 0.1) is 12.8 Å². The molecule has 0 aliphatic carbocycles. The molecule has 1 N–H and O–H groups in total. The lowest BCUT2D eigenvalue weighted by molar-refractivity contribution is 0.0697. The first-order valence-corrected chi connectivity index (χ1v) is 6.02. The van der Waals surface area contributed by atoms with Crippen molar-refractivity contribution in [3.63, 3.8) is 0 Å². The highest BCUT2D eigenvalue weighted by Gasteiger charge is 2.13. The first-order valence-electron chi connectivity index (χ1n) is 5.14. The Kier molecular flexibility index (Phi) is 3.78. The average molecular weight is 265 g/mol. The van der Waals surface area contributed by atoms with Gasteiger partial charge in [-0.3, -0.25) is 0 Å². The van der Waals surface area contributed by atoms with E-state index in [0.29, 0.717) is 17.3 Å². The Morgan fingerprint density at radius 2 is 2.28 bits per heavy atom. The van der Waals surface area contributed by atoms with Gasteiger partial charge in [-0.25, -0.2) is 9.78 Å². The van der Waals surface area contributed by atoms with Gasteiger partial charge < -0.3 is 14.6 Å². The van der Waals surface area contributed by atoms with Crippen molar-refractivity contribution in [1.29, 1.82) is 0 Å². The van der Waals surface area contributed by atoms with Gasteiger partial charge in [0.1, 0.15) is 12.4 Å². The van der Waals surface area contributed by atoms with Crippen LogP contribution in [0.3, 0.4) is 0 Å². The molecule has 0 aromatic carbocycles. The molecule has 0 unspecified atom stereocenters. The smallest absolute Gasteiger partial charge is 0.349 e. The van der Waals surface area contributed by atoms with E-state index in [-0.39, 0.29) is 11.5 Å².